The highest BCUT2D eigenvalue weighted by atomic mass is 16.5. The first-order valence-corrected chi connectivity index (χ1v) is 8.50. The van der Waals surface area contributed by atoms with Crippen LogP contribution in [0.2, 0.25) is 0 Å². The van der Waals surface area contributed by atoms with Crippen molar-refractivity contribution in [2.45, 2.75) is 20.0 Å². The summed E-state index contributed by atoms with van der Waals surface area (Å²) >= 11 is 0. The van der Waals surface area contributed by atoms with Gasteiger partial charge in [-0.2, -0.15) is 0 Å². The van der Waals surface area contributed by atoms with Crippen molar-refractivity contribution in [1.82, 2.24) is 9.97 Å². The number of esters is 1. The zero-order valence-corrected chi connectivity index (χ0v) is 15.4. The second kappa shape index (κ2) is 8.31. The molecule has 0 fully saturated rings. The Kier molecular flexibility index (Phi) is 5.66. The van der Waals surface area contributed by atoms with Crippen molar-refractivity contribution in [3.8, 4) is 28.5 Å². The smallest absolute Gasteiger partial charge is 0.338 e. The predicted molar refractivity (Wildman–Crippen MR) is 101 cm³/mol. The Balaban J connectivity index is 1.86. The van der Waals surface area contributed by atoms with E-state index in [1.54, 1.807) is 56.0 Å². The molecule has 6 heteroatoms. The van der Waals surface area contributed by atoms with E-state index in [1.165, 1.54) is 0 Å². The average Bonchev–Trinajstić information content (AvgIpc) is 2.68. The average molecular weight is 364 g/mol. The molecule has 0 amide bonds. The number of rotatable bonds is 6. The molecule has 6 nitrogen and oxygen atoms in total. The van der Waals surface area contributed by atoms with E-state index in [-0.39, 0.29) is 12.1 Å². The number of nitrogens with zero attached hydrogens (tertiary/aromatic N) is 2. The van der Waals surface area contributed by atoms with Crippen LogP contribution in [0.15, 0.2) is 61.1 Å². The quantitative estimate of drug-likeness (QED) is 0.599. The van der Waals surface area contributed by atoms with E-state index in [0.717, 1.165) is 11.1 Å². The fourth-order valence-electron chi connectivity index (χ4n) is 2.49. The molecule has 0 saturated heterocycles. The molecule has 0 aliphatic rings. The maximum absolute atomic E-state index is 11.9. The fraction of sp³-hybridized carbons (Fsp3) is 0.190. The summed E-state index contributed by atoms with van der Waals surface area (Å²) in [6.45, 7) is 3.62. The molecule has 138 valence electrons. The first kappa shape index (κ1) is 18.4. The second-order valence-electron chi connectivity index (χ2n) is 6.01. The lowest BCUT2D eigenvalue weighted by Crippen LogP contribution is -2.11. The largest absolute Gasteiger partial charge is 0.496 e. The number of hydrogen-bond donors (Lipinski definition) is 0. The van der Waals surface area contributed by atoms with Gasteiger partial charge in [0.15, 0.2) is 0 Å². The number of hydrogen-bond acceptors (Lipinski definition) is 6. The van der Waals surface area contributed by atoms with Crippen LogP contribution in [0.25, 0.3) is 11.1 Å². The first-order valence-electron chi connectivity index (χ1n) is 8.50. The van der Waals surface area contributed by atoms with Gasteiger partial charge in [-0.3, -0.25) is 4.98 Å². The Morgan fingerprint density at radius 1 is 1.00 bits per heavy atom. The third kappa shape index (κ3) is 4.41. The van der Waals surface area contributed by atoms with E-state index in [1.807, 2.05) is 26.0 Å². The van der Waals surface area contributed by atoms with Gasteiger partial charge in [0.1, 0.15) is 11.5 Å². The molecule has 0 saturated carbocycles. The number of pyridine rings is 2. The monoisotopic (exact) mass is 364 g/mol. The Hall–Kier alpha value is -3.41. The molecule has 0 unspecified atom stereocenters. The third-order valence-corrected chi connectivity index (χ3v) is 3.71. The van der Waals surface area contributed by atoms with Crippen molar-refractivity contribution in [3.63, 3.8) is 0 Å². The van der Waals surface area contributed by atoms with Crippen molar-refractivity contribution >= 4 is 5.97 Å². The van der Waals surface area contributed by atoms with Crippen molar-refractivity contribution in [1.29, 1.82) is 0 Å². The maximum Gasteiger partial charge on any atom is 0.338 e. The first-order chi connectivity index (χ1) is 13.1. The number of benzene rings is 1. The van der Waals surface area contributed by atoms with Gasteiger partial charge in [0.05, 0.1) is 18.8 Å². The molecule has 2 aromatic heterocycles. The molecule has 0 spiro atoms. The second-order valence-corrected chi connectivity index (χ2v) is 6.01. The van der Waals surface area contributed by atoms with E-state index >= 15 is 0 Å². The molecule has 0 N–H and O–H groups in total. The third-order valence-electron chi connectivity index (χ3n) is 3.71. The van der Waals surface area contributed by atoms with Crippen LogP contribution in [0.1, 0.15) is 24.2 Å². The van der Waals surface area contributed by atoms with Crippen LogP contribution in [-0.2, 0) is 4.74 Å². The highest BCUT2D eigenvalue weighted by molar-refractivity contribution is 5.89. The molecule has 3 aromatic rings. The van der Waals surface area contributed by atoms with Gasteiger partial charge in [-0.1, -0.05) is 0 Å². The molecular weight excluding hydrogens is 344 g/mol. The summed E-state index contributed by atoms with van der Waals surface area (Å²) in [5.41, 5.74) is 2.00. The molecule has 1 aromatic carbocycles. The molecule has 3 rings (SSSR count). The van der Waals surface area contributed by atoms with E-state index < -0.39 is 0 Å². The fourth-order valence-corrected chi connectivity index (χ4v) is 2.49. The van der Waals surface area contributed by atoms with Crippen LogP contribution < -0.4 is 9.47 Å². The molecule has 0 atom stereocenters. The Labute approximate surface area is 157 Å². The zero-order valence-electron chi connectivity index (χ0n) is 15.4. The standard InChI is InChI=1S/C21H20N2O4/c1-14(2)26-21(24)15-6-8-16(9-7-15)27-20-17(5-4-11-23-20)18-13-22-12-10-19(18)25-3/h4-14H,1-3H3. The summed E-state index contributed by atoms with van der Waals surface area (Å²) < 4.78 is 16.5. The molecule has 27 heavy (non-hydrogen) atoms. The van der Waals surface area contributed by atoms with Crippen molar-refractivity contribution < 1.29 is 19.0 Å². The molecule has 0 radical (unpaired) electrons. The summed E-state index contributed by atoms with van der Waals surface area (Å²) in [5.74, 6) is 1.28. The lowest BCUT2D eigenvalue weighted by atomic mass is 10.1. The number of methoxy groups -OCH3 is 1. The Morgan fingerprint density at radius 2 is 1.78 bits per heavy atom. The van der Waals surface area contributed by atoms with Gasteiger partial charge in [0, 0.05) is 29.7 Å². The Bertz CT molecular complexity index is 923. The lowest BCUT2D eigenvalue weighted by Gasteiger charge is -2.13. The summed E-state index contributed by atoms with van der Waals surface area (Å²) in [5, 5.41) is 0. The van der Waals surface area contributed by atoms with Gasteiger partial charge in [-0.15, -0.1) is 0 Å². The van der Waals surface area contributed by atoms with Gasteiger partial charge in [-0.05, 0) is 56.3 Å². The van der Waals surface area contributed by atoms with E-state index in [2.05, 4.69) is 9.97 Å². The minimum atomic E-state index is -0.366. The van der Waals surface area contributed by atoms with Gasteiger partial charge in [0.25, 0.3) is 0 Å². The minimum Gasteiger partial charge on any atom is -0.496 e. The number of carbonyl (C=O) groups excluding carboxylic acids is 1. The van der Waals surface area contributed by atoms with E-state index in [0.29, 0.717) is 22.9 Å². The van der Waals surface area contributed by atoms with Gasteiger partial charge >= 0.3 is 5.97 Å². The summed E-state index contributed by atoms with van der Waals surface area (Å²) in [4.78, 5) is 20.4. The lowest BCUT2D eigenvalue weighted by molar-refractivity contribution is 0.0378. The molecule has 0 bridgehead atoms. The van der Waals surface area contributed by atoms with Gasteiger partial charge < -0.3 is 14.2 Å². The summed E-state index contributed by atoms with van der Waals surface area (Å²) in [6.07, 6.45) is 4.84. The SMILES string of the molecule is COc1ccncc1-c1cccnc1Oc1ccc(C(=O)OC(C)C)cc1. The zero-order chi connectivity index (χ0) is 19.2. The topological polar surface area (TPSA) is 70.5 Å². The molecule has 2 heterocycles. The van der Waals surface area contributed by atoms with Crippen molar-refractivity contribution in [2.24, 2.45) is 0 Å². The number of aromatic nitrogens is 2. The van der Waals surface area contributed by atoms with Crippen molar-refractivity contribution in [2.75, 3.05) is 7.11 Å². The van der Waals surface area contributed by atoms with Crippen LogP contribution in [0.4, 0.5) is 0 Å². The number of ether oxygens (including phenoxy) is 3. The van der Waals surface area contributed by atoms with Crippen LogP contribution in [0, 0.1) is 0 Å². The van der Waals surface area contributed by atoms with Crippen LogP contribution in [0.5, 0.6) is 17.4 Å². The van der Waals surface area contributed by atoms with E-state index in [4.69, 9.17) is 14.2 Å². The Morgan fingerprint density at radius 3 is 2.48 bits per heavy atom. The molecule has 0 aliphatic heterocycles. The van der Waals surface area contributed by atoms with Gasteiger partial charge in [0.2, 0.25) is 5.88 Å². The van der Waals surface area contributed by atoms with Crippen molar-refractivity contribution in [3.05, 3.63) is 66.6 Å². The highest BCUT2D eigenvalue weighted by Gasteiger charge is 2.14. The van der Waals surface area contributed by atoms with E-state index in [9.17, 15) is 4.79 Å². The number of carbonyl (C=O) groups is 1. The molecular formula is C21H20N2O4. The summed E-state index contributed by atoms with van der Waals surface area (Å²) in [6, 6.07) is 12.2. The summed E-state index contributed by atoms with van der Waals surface area (Å²) in [7, 11) is 1.60. The van der Waals surface area contributed by atoms with Crippen LogP contribution >= 0.6 is 0 Å². The maximum atomic E-state index is 11.9. The van der Waals surface area contributed by atoms with Crippen LogP contribution in [0.3, 0.4) is 0 Å². The molecule has 0 aliphatic carbocycles. The minimum absolute atomic E-state index is 0.168. The van der Waals surface area contributed by atoms with Gasteiger partial charge in [-0.25, -0.2) is 9.78 Å². The normalized spacial score (nSPS) is 10.5. The predicted octanol–water partition coefficient (Wildman–Crippen LogP) is 4.51. The van der Waals surface area contributed by atoms with Crippen LogP contribution in [-0.4, -0.2) is 29.2 Å². The highest BCUT2D eigenvalue weighted by Crippen LogP contribution is 2.36.